The second kappa shape index (κ2) is 7.31. The minimum atomic E-state index is -3.82. The zero-order valence-corrected chi connectivity index (χ0v) is 16.3. The molecule has 2 N–H and O–H groups in total. The van der Waals surface area contributed by atoms with Crippen LogP contribution in [-0.4, -0.2) is 16.7 Å². The Morgan fingerprint density at radius 3 is 2.16 bits per heavy atom. The maximum atomic E-state index is 14.2. The summed E-state index contributed by atoms with van der Waals surface area (Å²) in [7, 11) is -3.82. The summed E-state index contributed by atoms with van der Waals surface area (Å²) in [6, 6.07) is 8.91. The van der Waals surface area contributed by atoms with E-state index in [9.17, 15) is 19.0 Å². The van der Waals surface area contributed by atoms with Gasteiger partial charge in [-0.2, -0.15) is 0 Å². The number of benzene rings is 2. The molecule has 0 aliphatic rings. The fourth-order valence-electron chi connectivity index (χ4n) is 3.10. The molecule has 2 aromatic carbocycles. The molecule has 0 saturated heterocycles. The van der Waals surface area contributed by atoms with E-state index in [4.69, 9.17) is 0 Å². The molecule has 2 atom stereocenters. The van der Waals surface area contributed by atoms with Crippen LogP contribution in [0.3, 0.4) is 0 Å². The van der Waals surface area contributed by atoms with Crippen molar-refractivity contribution in [3.8, 4) is 5.75 Å². The van der Waals surface area contributed by atoms with Gasteiger partial charge in [0.1, 0.15) is 5.75 Å². The summed E-state index contributed by atoms with van der Waals surface area (Å²) >= 11 is 0. The van der Waals surface area contributed by atoms with Gasteiger partial charge in [0.15, 0.2) is 0 Å². The van der Waals surface area contributed by atoms with Crippen molar-refractivity contribution in [2.24, 2.45) is 0 Å². The first-order valence-electron chi connectivity index (χ1n) is 8.36. The Kier molecular flexibility index (Phi) is 5.75. The van der Waals surface area contributed by atoms with Gasteiger partial charge in [-0.15, -0.1) is 0 Å². The fraction of sp³-hybridized carbons (Fsp3) is 0.400. The third-order valence-electron chi connectivity index (χ3n) is 4.51. The first kappa shape index (κ1) is 19.7. The van der Waals surface area contributed by atoms with Crippen molar-refractivity contribution >= 4 is 7.37 Å². The van der Waals surface area contributed by atoms with Gasteiger partial charge in [-0.25, -0.2) is 4.39 Å². The maximum Gasteiger partial charge on any atom is 0.235 e. The molecule has 25 heavy (non-hydrogen) atoms. The number of hydrogen-bond donors (Lipinski definition) is 2. The number of phenolic OH excluding ortho intramolecular Hbond substituents is 1. The van der Waals surface area contributed by atoms with E-state index in [0.29, 0.717) is 12.2 Å². The minimum Gasteiger partial charge on any atom is -0.508 e. The Balaban J connectivity index is 2.39. The Morgan fingerprint density at radius 2 is 1.68 bits per heavy atom. The molecule has 0 fully saturated rings. The summed E-state index contributed by atoms with van der Waals surface area (Å²) in [4.78, 5) is 9.49. The minimum absolute atomic E-state index is 0.222. The van der Waals surface area contributed by atoms with Crippen LogP contribution in [0.2, 0.25) is 0 Å². The highest BCUT2D eigenvalue weighted by atomic mass is 31.2. The topological polar surface area (TPSA) is 57.5 Å². The number of halogens is 1. The molecule has 0 bridgehead atoms. The molecule has 3 nitrogen and oxygen atoms in total. The van der Waals surface area contributed by atoms with Crippen molar-refractivity contribution < 1.29 is 19.0 Å². The standard InChI is InChI=1S/C20H26FO3P/c1-12(2)17-10-15(6-7-19(17)22)11-18-13(3)8-16(9-14(18)4)20(21)25(5,23)24/h6-10,12,20,22H,11H2,1-5H3,(H,23,24). The Bertz CT molecular complexity index is 801. The average Bonchev–Trinajstić information content (AvgIpc) is 2.50. The lowest BCUT2D eigenvalue weighted by molar-refractivity contribution is 0.381. The van der Waals surface area contributed by atoms with Crippen molar-refractivity contribution in [1.82, 2.24) is 0 Å². The predicted molar refractivity (Wildman–Crippen MR) is 101 cm³/mol. The van der Waals surface area contributed by atoms with E-state index in [2.05, 4.69) is 0 Å². The molecular formula is C20H26FO3P. The van der Waals surface area contributed by atoms with Crippen LogP contribution in [0.4, 0.5) is 4.39 Å². The molecule has 2 aromatic rings. The third kappa shape index (κ3) is 4.50. The predicted octanol–water partition coefficient (Wildman–Crippen LogP) is 5.59. The molecule has 0 amide bonds. The van der Waals surface area contributed by atoms with Crippen LogP contribution in [0, 0.1) is 13.8 Å². The van der Waals surface area contributed by atoms with Gasteiger partial charge in [-0.1, -0.05) is 38.1 Å². The van der Waals surface area contributed by atoms with E-state index in [0.717, 1.165) is 34.5 Å². The molecule has 0 radical (unpaired) electrons. The van der Waals surface area contributed by atoms with Crippen LogP contribution in [0.5, 0.6) is 5.75 Å². The fourth-order valence-corrected chi connectivity index (χ4v) is 3.80. The highest BCUT2D eigenvalue weighted by Gasteiger charge is 2.27. The van der Waals surface area contributed by atoms with Crippen LogP contribution >= 0.6 is 7.37 Å². The van der Waals surface area contributed by atoms with Crippen LogP contribution in [0.25, 0.3) is 0 Å². The summed E-state index contributed by atoms with van der Waals surface area (Å²) in [6.07, 6.45) is 0.664. The smallest absolute Gasteiger partial charge is 0.235 e. The van der Waals surface area contributed by atoms with Gasteiger partial charge in [-0.05, 0) is 65.6 Å². The molecule has 136 valence electrons. The van der Waals surface area contributed by atoms with E-state index in [1.54, 1.807) is 18.2 Å². The zero-order chi connectivity index (χ0) is 18.9. The summed E-state index contributed by atoms with van der Waals surface area (Å²) in [5, 5.41) is 9.96. The van der Waals surface area contributed by atoms with Crippen molar-refractivity contribution in [1.29, 1.82) is 0 Å². The van der Waals surface area contributed by atoms with Gasteiger partial charge in [-0.3, -0.25) is 4.57 Å². The molecule has 0 aliphatic heterocycles. The normalized spacial score (nSPS) is 15.2. The van der Waals surface area contributed by atoms with E-state index >= 15 is 0 Å². The SMILES string of the molecule is Cc1cc(C(F)P(C)(=O)O)cc(C)c1Cc1ccc(O)c(C(C)C)c1. The number of aryl methyl sites for hydroxylation is 2. The molecule has 2 rings (SSSR count). The molecule has 0 spiro atoms. The maximum absolute atomic E-state index is 14.2. The molecule has 5 heteroatoms. The molecule has 0 aromatic heterocycles. The van der Waals surface area contributed by atoms with Crippen LogP contribution < -0.4 is 0 Å². The number of phenols is 1. The van der Waals surface area contributed by atoms with Gasteiger partial charge < -0.3 is 10.00 Å². The van der Waals surface area contributed by atoms with Gasteiger partial charge >= 0.3 is 0 Å². The summed E-state index contributed by atoms with van der Waals surface area (Å²) in [5.41, 5.74) is 5.08. The van der Waals surface area contributed by atoms with Crippen LogP contribution in [0.15, 0.2) is 30.3 Å². The monoisotopic (exact) mass is 364 g/mol. The molecule has 0 aliphatic carbocycles. The van der Waals surface area contributed by atoms with E-state index in [1.165, 1.54) is 0 Å². The third-order valence-corrected chi connectivity index (χ3v) is 5.65. The lowest BCUT2D eigenvalue weighted by Crippen LogP contribution is -2.01. The summed E-state index contributed by atoms with van der Waals surface area (Å²) < 4.78 is 25.8. The molecular weight excluding hydrogens is 338 g/mol. The molecule has 2 unspecified atom stereocenters. The number of aromatic hydroxyl groups is 1. The Hall–Kier alpha value is -1.64. The summed E-state index contributed by atoms with van der Waals surface area (Å²) in [6.45, 7) is 8.88. The van der Waals surface area contributed by atoms with Gasteiger partial charge in [0, 0.05) is 6.66 Å². The lowest BCUT2D eigenvalue weighted by Gasteiger charge is -2.17. The average molecular weight is 364 g/mol. The highest BCUT2D eigenvalue weighted by Crippen LogP contribution is 2.53. The first-order chi connectivity index (χ1) is 11.5. The van der Waals surface area contributed by atoms with Crippen LogP contribution in [-0.2, 0) is 11.0 Å². The quantitative estimate of drug-likeness (QED) is 0.680. The number of hydrogen-bond acceptors (Lipinski definition) is 2. The first-order valence-corrected chi connectivity index (χ1v) is 10.5. The van der Waals surface area contributed by atoms with Crippen molar-refractivity contribution in [2.45, 2.75) is 45.9 Å². The summed E-state index contributed by atoms with van der Waals surface area (Å²) in [5.74, 6) is -1.34. The van der Waals surface area contributed by atoms with E-state index in [1.807, 2.05) is 39.8 Å². The molecule has 0 saturated carbocycles. The Labute approximate surface area is 149 Å². The zero-order valence-electron chi connectivity index (χ0n) is 15.4. The largest absolute Gasteiger partial charge is 0.508 e. The van der Waals surface area contributed by atoms with Gasteiger partial charge in [0.05, 0.1) is 0 Å². The highest BCUT2D eigenvalue weighted by molar-refractivity contribution is 7.57. The van der Waals surface area contributed by atoms with Crippen molar-refractivity contribution in [3.63, 3.8) is 0 Å². The number of rotatable bonds is 5. The van der Waals surface area contributed by atoms with Gasteiger partial charge in [0.25, 0.3) is 0 Å². The Morgan fingerprint density at radius 1 is 1.12 bits per heavy atom. The molecule has 0 heterocycles. The van der Waals surface area contributed by atoms with E-state index in [-0.39, 0.29) is 11.5 Å². The van der Waals surface area contributed by atoms with E-state index < -0.39 is 13.3 Å². The van der Waals surface area contributed by atoms with Crippen molar-refractivity contribution in [2.75, 3.05) is 6.66 Å². The second-order valence-corrected chi connectivity index (χ2v) is 9.48. The second-order valence-electron chi connectivity index (χ2n) is 7.14. The van der Waals surface area contributed by atoms with Crippen LogP contribution in [0.1, 0.15) is 59.1 Å². The van der Waals surface area contributed by atoms with Gasteiger partial charge in [0.2, 0.25) is 13.3 Å². The lowest BCUT2D eigenvalue weighted by atomic mass is 9.92. The van der Waals surface area contributed by atoms with Crippen molar-refractivity contribution in [3.05, 3.63) is 63.7 Å². The number of alkyl halides is 1.